The maximum Gasteiger partial charge on any atom is 0.368 e. The third-order valence-electron chi connectivity index (χ3n) is 6.09. The van der Waals surface area contributed by atoms with Crippen molar-refractivity contribution in [1.29, 1.82) is 0 Å². The zero-order valence-electron chi connectivity index (χ0n) is 19.1. The molecule has 1 saturated heterocycles. The molecule has 2 aliphatic heterocycles. The average Bonchev–Trinajstić information content (AvgIpc) is 2.89. The summed E-state index contributed by atoms with van der Waals surface area (Å²) < 4.78 is 53.2. The van der Waals surface area contributed by atoms with Crippen LogP contribution in [0.2, 0.25) is 0 Å². The average molecular weight is 503 g/mol. The van der Waals surface area contributed by atoms with Gasteiger partial charge in [-0.15, -0.1) is 11.8 Å². The lowest BCUT2D eigenvalue weighted by Gasteiger charge is -2.37. The molecule has 1 N–H and O–H groups in total. The van der Waals surface area contributed by atoms with Crippen LogP contribution in [0.3, 0.4) is 0 Å². The van der Waals surface area contributed by atoms with Gasteiger partial charge in [0, 0.05) is 32.3 Å². The number of nitrogens with zero attached hydrogens (tertiary/aromatic N) is 2. The Morgan fingerprint density at radius 3 is 2.79 bits per heavy atom. The highest BCUT2D eigenvalue weighted by Crippen LogP contribution is 2.42. The fraction of sp³-hybridized carbons (Fsp3) is 0.591. The molecule has 1 aromatic rings. The van der Waals surface area contributed by atoms with E-state index in [1.807, 2.05) is 0 Å². The van der Waals surface area contributed by atoms with Crippen LogP contribution in [0, 0.1) is 0 Å². The van der Waals surface area contributed by atoms with Crippen LogP contribution in [0.15, 0.2) is 34.0 Å². The summed E-state index contributed by atoms with van der Waals surface area (Å²) >= 11 is 1.31. The molecule has 33 heavy (non-hydrogen) atoms. The molecule has 0 radical (unpaired) electrons. The number of thioether (sulfide) groups is 1. The van der Waals surface area contributed by atoms with Crippen LogP contribution < -0.4 is 9.64 Å². The predicted octanol–water partition coefficient (Wildman–Crippen LogP) is 3.86. The van der Waals surface area contributed by atoms with Gasteiger partial charge in [0.1, 0.15) is 16.9 Å². The van der Waals surface area contributed by atoms with Gasteiger partial charge in [-0.3, -0.25) is 0 Å². The third-order valence-corrected chi connectivity index (χ3v) is 8.79. The van der Waals surface area contributed by atoms with E-state index in [2.05, 4.69) is 11.8 Å². The van der Waals surface area contributed by atoms with E-state index >= 15 is 0 Å². The number of hydrogen-bond acceptors (Lipinski definition) is 7. The minimum Gasteiger partial charge on any atom is -0.476 e. The maximum atomic E-state index is 13.6. The first-order chi connectivity index (χ1) is 15.7. The molecule has 8 nitrogen and oxygen atoms in total. The molecule has 2 heterocycles. The van der Waals surface area contributed by atoms with E-state index in [4.69, 9.17) is 14.6 Å². The van der Waals surface area contributed by atoms with Crippen molar-refractivity contribution < 1.29 is 32.2 Å². The minimum absolute atomic E-state index is 0.0363. The SMILES string of the molecule is CCCCC1CN(C2CCCOC2)c2cc(SC)c(O/C=C(\F)C(=O)O)cc2S(=O)(=O)N1C. The Bertz CT molecular complexity index is 995. The van der Waals surface area contributed by atoms with Crippen LogP contribution in [0.4, 0.5) is 10.1 Å². The number of carbonyl (C=O) groups is 1. The standard InChI is InChI=1S/C22H31FN2O6S2/c1-4-5-7-15-12-25(16-8-6-9-30-13-16)18-10-20(32-3)19(31-14-17(23)22(26)27)11-21(18)33(28,29)24(15)2/h10-11,14-16H,4-9,12-13H2,1-3H3,(H,26,27)/b17-14-. The van der Waals surface area contributed by atoms with Crippen molar-refractivity contribution in [3.63, 3.8) is 0 Å². The molecule has 2 unspecified atom stereocenters. The van der Waals surface area contributed by atoms with Gasteiger partial charge in [-0.05, 0) is 31.6 Å². The van der Waals surface area contributed by atoms with Gasteiger partial charge in [-0.25, -0.2) is 13.2 Å². The van der Waals surface area contributed by atoms with E-state index < -0.39 is 21.8 Å². The number of sulfonamides is 1. The Morgan fingerprint density at radius 1 is 1.42 bits per heavy atom. The Morgan fingerprint density at radius 2 is 2.18 bits per heavy atom. The summed E-state index contributed by atoms with van der Waals surface area (Å²) in [6.45, 7) is 3.82. The summed E-state index contributed by atoms with van der Waals surface area (Å²) in [5.74, 6) is -3.15. The lowest BCUT2D eigenvalue weighted by atomic mass is 10.0. The number of benzene rings is 1. The Kier molecular flexibility index (Phi) is 8.65. The van der Waals surface area contributed by atoms with Crippen molar-refractivity contribution in [2.24, 2.45) is 0 Å². The number of carboxylic acids is 1. The number of fused-ring (bicyclic) bond motifs is 1. The number of halogens is 1. The highest BCUT2D eigenvalue weighted by molar-refractivity contribution is 7.98. The fourth-order valence-corrected chi connectivity index (χ4v) is 6.31. The molecule has 1 fully saturated rings. The van der Waals surface area contributed by atoms with Gasteiger partial charge in [-0.2, -0.15) is 8.70 Å². The van der Waals surface area contributed by atoms with Gasteiger partial charge in [0.15, 0.2) is 0 Å². The Labute approximate surface area is 198 Å². The van der Waals surface area contributed by atoms with Crippen molar-refractivity contribution >= 4 is 33.4 Å². The summed E-state index contributed by atoms with van der Waals surface area (Å²) in [4.78, 5) is 13.6. The minimum atomic E-state index is -3.88. The van der Waals surface area contributed by atoms with Gasteiger partial charge in [0.05, 0.1) is 23.2 Å². The Hall–Kier alpha value is -1.82. The van der Waals surface area contributed by atoms with Crippen LogP contribution in [0.25, 0.3) is 0 Å². The molecule has 3 rings (SSSR count). The van der Waals surface area contributed by atoms with Crippen LogP contribution in [-0.4, -0.2) is 68.9 Å². The summed E-state index contributed by atoms with van der Waals surface area (Å²) in [5, 5.41) is 8.76. The highest BCUT2D eigenvalue weighted by Gasteiger charge is 2.39. The smallest absolute Gasteiger partial charge is 0.368 e. The molecular formula is C22H31FN2O6S2. The van der Waals surface area contributed by atoms with E-state index in [1.54, 1.807) is 19.4 Å². The van der Waals surface area contributed by atoms with E-state index in [9.17, 15) is 17.6 Å². The molecule has 2 atom stereocenters. The second-order valence-corrected chi connectivity index (χ2v) is 11.0. The second-order valence-electron chi connectivity index (χ2n) is 8.20. The number of aliphatic carboxylic acids is 1. The van der Waals surface area contributed by atoms with Gasteiger partial charge < -0.3 is 19.5 Å². The topological polar surface area (TPSA) is 96.4 Å². The van der Waals surface area contributed by atoms with Gasteiger partial charge >= 0.3 is 5.97 Å². The normalized spacial score (nSPS) is 23.6. The molecule has 0 aliphatic carbocycles. The summed E-state index contributed by atoms with van der Waals surface area (Å²) in [5.41, 5.74) is 0.565. The number of carboxylic acid groups (broad SMARTS) is 1. The van der Waals surface area contributed by atoms with Crippen molar-refractivity contribution in [2.75, 3.05) is 38.0 Å². The van der Waals surface area contributed by atoms with Crippen LogP contribution in [0.5, 0.6) is 5.75 Å². The van der Waals surface area contributed by atoms with E-state index in [-0.39, 0.29) is 22.7 Å². The van der Waals surface area contributed by atoms with Crippen LogP contribution >= 0.6 is 11.8 Å². The van der Waals surface area contributed by atoms with E-state index in [0.29, 0.717) is 36.6 Å². The number of likely N-dealkylation sites (N-methyl/N-ethyl adjacent to an activating group) is 1. The molecule has 1 aromatic carbocycles. The maximum absolute atomic E-state index is 13.6. The predicted molar refractivity (Wildman–Crippen MR) is 125 cm³/mol. The first-order valence-corrected chi connectivity index (χ1v) is 13.7. The lowest BCUT2D eigenvalue weighted by Crippen LogP contribution is -2.47. The molecule has 0 amide bonds. The molecular weight excluding hydrogens is 471 g/mol. The monoisotopic (exact) mass is 502 g/mol. The quantitative estimate of drug-likeness (QED) is 0.325. The van der Waals surface area contributed by atoms with Crippen molar-refractivity contribution in [3.05, 3.63) is 24.2 Å². The number of anilines is 1. The van der Waals surface area contributed by atoms with Gasteiger partial charge in [-0.1, -0.05) is 19.8 Å². The van der Waals surface area contributed by atoms with Gasteiger partial charge in [0.2, 0.25) is 15.9 Å². The van der Waals surface area contributed by atoms with Crippen LogP contribution in [-0.2, 0) is 19.6 Å². The van der Waals surface area contributed by atoms with E-state index in [0.717, 1.165) is 32.1 Å². The molecule has 2 aliphatic rings. The number of ether oxygens (including phenoxy) is 2. The molecule has 0 aromatic heterocycles. The van der Waals surface area contributed by atoms with E-state index in [1.165, 1.54) is 22.1 Å². The first-order valence-electron chi connectivity index (χ1n) is 11.0. The zero-order chi connectivity index (χ0) is 24.2. The molecule has 0 bridgehead atoms. The number of rotatable bonds is 8. The summed E-state index contributed by atoms with van der Waals surface area (Å²) in [6, 6.07) is 2.94. The lowest BCUT2D eigenvalue weighted by molar-refractivity contribution is -0.134. The van der Waals surface area contributed by atoms with Gasteiger partial charge in [0.25, 0.3) is 0 Å². The molecule has 0 spiro atoms. The van der Waals surface area contributed by atoms with Crippen molar-refractivity contribution in [1.82, 2.24) is 4.31 Å². The largest absolute Gasteiger partial charge is 0.476 e. The van der Waals surface area contributed by atoms with Crippen LogP contribution in [0.1, 0.15) is 39.0 Å². The summed E-state index contributed by atoms with van der Waals surface area (Å²) in [6.07, 6.45) is 6.65. The number of hydrogen-bond donors (Lipinski definition) is 1. The molecule has 184 valence electrons. The number of unbranched alkanes of at least 4 members (excludes halogenated alkanes) is 1. The summed E-state index contributed by atoms with van der Waals surface area (Å²) in [7, 11) is -2.29. The Balaban J connectivity index is 2.14. The first kappa shape index (κ1) is 25.8. The molecule has 11 heteroatoms. The zero-order valence-corrected chi connectivity index (χ0v) is 20.8. The highest BCUT2D eigenvalue weighted by atomic mass is 32.2. The van der Waals surface area contributed by atoms with Crippen molar-refractivity contribution in [3.8, 4) is 5.75 Å². The third kappa shape index (κ3) is 5.64. The molecule has 0 saturated carbocycles. The fourth-order valence-electron chi connectivity index (χ4n) is 4.20. The van der Waals surface area contributed by atoms with Crippen molar-refractivity contribution in [2.45, 2.75) is 60.9 Å². The second kappa shape index (κ2) is 11.1.